The number of hydrogen-bond acceptors (Lipinski definition) is 7. The maximum Gasteiger partial charge on any atom is 0.360 e. The molecule has 0 atom stereocenters. The van der Waals surface area contributed by atoms with E-state index in [0.717, 1.165) is 6.08 Å². The smallest absolute Gasteiger partial charge is 0.360 e. The third-order valence-corrected chi connectivity index (χ3v) is 4.58. The molecule has 0 saturated heterocycles. The van der Waals surface area contributed by atoms with Gasteiger partial charge in [0.1, 0.15) is 5.70 Å². The van der Waals surface area contributed by atoms with Crippen LogP contribution in [0, 0.1) is 0 Å². The number of esters is 2. The summed E-state index contributed by atoms with van der Waals surface area (Å²) >= 11 is 0. The lowest BCUT2D eigenvalue weighted by atomic mass is 10.2. The predicted octanol–water partition coefficient (Wildman–Crippen LogP) is 0.868. The SMILES string of the molecule is CCS(=O)(=O)c1ccc2c(c1)N/C(=C\C(=O)OC)C(=O)O2. The van der Waals surface area contributed by atoms with Crippen LogP contribution in [0.1, 0.15) is 6.92 Å². The molecule has 0 aromatic heterocycles. The molecule has 8 heteroatoms. The number of carbonyl (C=O) groups is 2. The maximum atomic E-state index is 11.8. The Morgan fingerprint density at radius 3 is 2.76 bits per heavy atom. The first-order chi connectivity index (χ1) is 9.87. The van der Waals surface area contributed by atoms with Crippen LogP contribution in [0.25, 0.3) is 0 Å². The molecule has 0 amide bonds. The van der Waals surface area contributed by atoms with Crippen LogP contribution in [0.4, 0.5) is 5.69 Å². The Hall–Kier alpha value is -2.35. The van der Waals surface area contributed by atoms with Crippen molar-refractivity contribution in [3.8, 4) is 5.75 Å². The van der Waals surface area contributed by atoms with Gasteiger partial charge in [0.2, 0.25) is 0 Å². The topological polar surface area (TPSA) is 98.8 Å². The monoisotopic (exact) mass is 311 g/mol. The van der Waals surface area contributed by atoms with Gasteiger partial charge in [-0.25, -0.2) is 18.0 Å². The standard InChI is InChI=1S/C13H13NO6S/c1-3-21(17,18)8-4-5-11-9(6-8)14-10(13(16)20-11)7-12(15)19-2/h4-7,14H,3H2,1-2H3/b10-7-. The van der Waals surface area contributed by atoms with Crippen molar-refractivity contribution in [1.82, 2.24) is 0 Å². The van der Waals surface area contributed by atoms with Crippen LogP contribution in [0.3, 0.4) is 0 Å². The zero-order valence-corrected chi connectivity index (χ0v) is 12.2. The summed E-state index contributed by atoms with van der Waals surface area (Å²) in [6, 6.07) is 4.10. The highest BCUT2D eigenvalue weighted by atomic mass is 32.2. The molecule has 1 aromatic rings. The highest BCUT2D eigenvalue weighted by molar-refractivity contribution is 7.91. The minimum Gasteiger partial charge on any atom is -0.466 e. The Balaban J connectivity index is 2.42. The Kier molecular flexibility index (Phi) is 3.99. The molecule has 0 fully saturated rings. The average Bonchev–Trinajstić information content (AvgIpc) is 2.47. The Morgan fingerprint density at radius 1 is 1.43 bits per heavy atom. The quantitative estimate of drug-likeness (QED) is 0.502. The normalized spacial score (nSPS) is 15.9. The number of methoxy groups -OCH3 is 1. The number of hydrogen-bond donors (Lipinski definition) is 1. The lowest BCUT2D eigenvalue weighted by molar-refractivity contribution is -0.136. The molecule has 0 radical (unpaired) electrons. The van der Waals surface area contributed by atoms with Crippen molar-refractivity contribution in [2.45, 2.75) is 11.8 Å². The van der Waals surface area contributed by atoms with Gasteiger partial charge < -0.3 is 14.8 Å². The largest absolute Gasteiger partial charge is 0.466 e. The van der Waals surface area contributed by atoms with Crippen molar-refractivity contribution in [2.24, 2.45) is 0 Å². The fourth-order valence-corrected chi connectivity index (χ4v) is 2.58. The predicted molar refractivity (Wildman–Crippen MR) is 73.5 cm³/mol. The summed E-state index contributed by atoms with van der Waals surface area (Å²) in [7, 11) is -2.21. The maximum absolute atomic E-state index is 11.8. The molecule has 1 N–H and O–H groups in total. The number of fused-ring (bicyclic) bond motifs is 1. The second-order valence-electron chi connectivity index (χ2n) is 4.16. The molecule has 2 rings (SSSR count). The van der Waals surface area contributed by atoms with Gasteiger partial charge in [-0.15, -0.1) is 0 Å². The zero-order chi connectivity index (χ0) is 15.6. The van der Waals surface area contributed by atoms with E-state index in [1.165, 1.54) is 32.2 Å². The molecule has 0 saturated carbocycles. The number of rotatable bonds is 3. The lowest BCUT2D eigenvalue weighted by Gasteiger charge is -2.20. The van der Waals surface area contributed by atoms with Crippen LogP contribution >= 0.6 is 0 Å². The van der Waals surface area contributed by atoms with Gasteiger partial charge in [-0.05, 0) is 18.2 Å². The van der Waals surface area contributed by atoms with Gasteiger partial charge in [0.05, 0.1) is 29.5 Å². The minimum atomic E-state index is -3.38. The molecule has 0 aliphatic carbocycles. The van der Waals surface area contributed by atoms with Crippen molar-refractivity contribution < 1.29 is 27.5 Å². The third kappa shape index (κ3) is 3.05. The van der Waals surface area contributed by atoms with Crippen LogP contribution in [0.2, 0.25) is 0 Å². The molecule has 7 nitrogen and oxygen atoms in total. The van der Waals surface area contributed by atoms with E-state index in [0.29, 0.717) is 5.69 Å². The number of ether oxygens (including phenoxy) is 2. The Labute approximate surface area is 121 Å². The summed E-state index contributed by atoms with van der Waals surface area (Å²) < 4.78 is 33.1. The molecule has 21 heavy (non-hydrogen) atoms. The Morgan fingerprint density at radius 2 is 2.14 bits per heavy atom. The molecule has 1 heterocycles. The summed E-state index contributed by atoms with van der Waals surface area (Å²) in [6.45, 7) is 1.53. The molecular weight excluding hydrogens is 298 g/mol. The van der Waals surface area contributed by atoms with Gasteiger partial charge in [-0.1, -0.05) is 6.92 Å². The Bertz CT molecular complexity index is 735. The number of nitrogens with one attached hydrogen (secondary N) is 1. The number of anilines is 1. The summed E-state index contributed by atoms with van der Waals surface area (Å²) in [5, 5.41) is 2.67. The van der Waals surface area contributed by atoms with Crippen LogP contribution in [0.15, 0.2) is 34.9 Å². The summed E-state index contributed by atoms with van der Waals surface area (Å²) in [6.07, 6.45) is 0.937. The minimum absolute atomic E-state index is 0.0452. The third-order valence-electron chi connectivity index (χ3n) is 2.85. The number of benzene rings is 1. The average molecular weight is 311 g/mol. The van der Waals surface area contributed by atoms with Crippen molar-refractivity contribution in [3.63, 3.8) is 0 Å². The summed E-state index contributed by atoms with van der Waals surface area (Å²) in [5.41, 5.74) is 0.166. The van der Waals surface area contributed by atoms with Gasteiger partial charge >= 0.3 is 11.9 Å². The molecule has 1 aliphatic heterocycles. The second-order valence-corrected chi connectivity index (χ2v) is 6.44. The second kappa shape index (κ2) is 5.57. The summed E-state index contributed by atoms with van der Waals surface area (Å²) in [5.74, 6) is -1.33. The van der Waals surface area contributed by atoms with E-state index >= 15 is 0 Å². The molecule has 0 spiro atoms. The van der Waals surface area contributed by atoms with Crippen LogP contribution < -0.4 is 10.1 Å². The first-order valence-corrected chi connectivity index (χ1v) is 7.68. The highest BCUT2D eigenvalue weighted by Crippen LogP contribution is 2.33. The van der Waals surface area contributed by atoms with E-state index in [9.17, 15) is 18.0 Å². The van der Waals surface area contributed by atoms with Gasteiger partial charge in [0, 0.05) is 0 Å². The van der Waals surface area contributed by atoms with Crippen molar-refractivity contribution >= 4 is 27.5 Å². The van der Waals surface area contributed by atoms with Crippen molar-refractivity contribution in [3.05, 3.63) is 30.0 Å². The molecular formula is C13H13NO6S. The van der Waals surface area contributed by atoms with Crippen molar-refractivity contribution in [2.75, 3.05) is 18.2 Å². The van der Waals surface area contributed by atoms with Gasteiger partial charge in [0.15, 0.2) is 15.6 Å². The molecule has 112 valence electrons. The van der Waals surface area contributed by atoms with Crippen LogP contribution in [-0.4, -0.2) is 33.2 Å². The van der Waals surface area contributed by atoms with Gasteiger partial charge in [-0.3, -0.25) is 0 Å². The molecule has 1 aromatic carbocycles. The van der Waals surface area contributed by atoms with E-state index in [2.05, 4.69) is 10.1 Å². The van der Waals surface area contributed by atoms with E-state index in [4.69, 9.17) is 4.74 Å². The van der Waals surface area contributed by atoms with E-state index < -0.39 is 21.8 Å². The number of sulfone groups is 1. The molecule has 0 unspecified atom stereocenters. The first kappa shape index (κ1) is 15.0. The van der Waals surface area contributed by atoms with E-state index in [1.54, 1.807) is 0 Å². The first-order valence-electron chi connectivity index (χ1n) is 6.03. The van der Waals surface area contributed by atoms with Gasteiger partial charge in [-0.2, -0.15) is 0 Å². The van der Waals surface area contributed by atoms with Crippen LogP contribution in [-0.2, 0) is 24.2 Å². The van der Waals surface area contributed by atoms with E-state index in [1.807, 2.05) is 0 Å². The molecule has 1 aliphatic rings. The fraction of sp³-hybridized carbons (Fsp3) is 0.231. The highest BCUT2D eigenvalue weighted by Gasteiger charge is 2.25. The van der Waals surface area contributed by atoms with Crippen molar-refractivity contribution in [1.29, 1.82) is 0 Å². The lowest BCUT2D eigenvalue weighted by Crippen LogP contribution is -2.24. The van der Waals surface area contributed by atoms with Crippen LogP contribution in [0.5, 0.6) is 5.75 Å². The van der Waals surface area contributed by atoms with Gasteiger partial charge in [0.25, 0.3) is 0 Å². The fourth-order valence-electron chi connectivity index (χ4n) is 1.68. The summed E-state index contributed by atoms with van der Waals surface area (Å²) in [4.78, 5) is 22.9. The number of carbonyl (C=O) groups excluding carboxylic acids is 2. The van der Waals surface area contributed by atoms with E-state index in [-0.39, 0.29) is 22.1 Å². The molecule has 0 bridgehead atoms. The zero-order valence-electron chi connectivity index (χ0n) is 11.4.